The zero-order valence-electron chi connectivity index (χ0n) is 10.3. The van der Waals surface area contributed by atoms with Crippen LogP contribution in [0.2, 0.25) is 15.1 Å². The molecule has 0 unspecified atom stereocenters. The van der Waals surface area contributed by atoms with Crippen molar-refractivity contribution < 1.29 is 9.53 Å². The molecule has 0 amide bonds. The monoisotopic (exact) mass is 319 g/mol. The van der Waals surface area contributed by atoms with Gasteiger partial charge in [-0.25, -0.2) is 4.79 Å². The van der Waals surface area contributed by atoms with Crippen LogP contribution in [0.3, 0.4) is 0 Å². The lowest BCUT2D eigenvalue weighted by atomic mass is 10.1. The summed E-state index contributed by atoms with van der Waals surface area (Å²) in [6.07, 6.45) is 5.92. The maximum Gasteiger partial charge on any atom is 0.340 e. The number of carbonyl (C=O) groups excluding carboxylic acids is 1. The molecule has 19 heavy (non-hydrogen) atoms. The molecule has 103 valence electrons. The van der Waals surface area contributed by atoms with Crippen molar-refractivity contribution in [2.24, 2.45) is 5.92 Å². The van der Waals surface area contributed by atoms with E-state index in [1.54, 1.807) is 0 Å². The molecule has 0 N–H and O–H groups in total. The fourth-order valence-electron chi connectivity index (χ4n) is 2.33. The molecule has 0 saturated heterocycles. The smallest absolute Gasteiger partial charge is 0.340 e. The van der Waals surface area contributed by atoms with Gasteiger partial charge in [-0.2, -0.15) is 0 Å². The van der Waals surface area contributed by atoms with Crippen molar-refractivity contribution in [1.29, 1.82) is 0 Å². The van der Waals surface area contributed by atoms with Gasteiger partial charge < -0.3 is 4.74 Å². The lowest BCUT2D eigenvalue weighted by Gasteiger charge is -2.10. The highest BCUT2D eigenvalue weighted by molar-refractivity contribution is 6.44. The van der Waals surface area contributed by atoms with Crippen LogP contribution in [0.1, 0.15) is 42.5 Å². The molecule has 1 aliphatic rings. The topological polar surface area (TPSA) is 26.3 Å². The first-order chi connectivity index (χ1) is 9.08. The Morgan fingerprint density at radius 2 is 2.00 bits per heavy atom. The number of esters is 1. The number of carbonyl (C=O) groups is 1. The van der Waals surface area contributed by atoms with Gasteiger partial charge in [-0.15, -0.1) is 0 Å². The summed E-state index contributed by atoms with van der Waals surface area (Å²) in [4.78, 5) is 11.9. The lowest BCUT2D eigenvalue weighted by Crippen LogP contribution is -2.10. The number of hydrogen-bond acceptors (Lipinski definition) is 2. The molecule has 0 atom stereocenters. The van der Waals surface area contributed by atoms with Crippen molar-refractivity contribution in [3.63, 3.8) is 0 Å². The summed E-state index contributed by atoms with van der Waals surface area (Å²) in [5.74, 6) is 0.155. The highest BCUT2D eigenvalue weighted by Crippen LogP contribution is 2.30. The van der Waals surface area contributed by atoms with Crippen LogP contribution >= 0.6 is 34.8 Å². The third-order valence-electron chi connectivity index (χ3n) is 3.37. The molecular weight excluding hydrogens is 307 g/mol. The Labute approximate surface area is 128 Å². The Hall–Kier alpha value is -0.440. The molecule has 0 aliphatic heterocycles. The Kier molecular flexibility index (Phi) is 5.37. The zero-order chi connectivity index (χ0) is 13.8. The third kappa shape index (κ3) is 4.01. The molecule has 1 aromatic carbocycles. The van der Waals surface area contributed by atoms with Crippen LogP contribution in [0.25, 0.3) is 0 Å². The third-order valence-corrected chi connectivity index (χ3v) is 4.36. The van der Waals surface area contributed by atoms with Gasteiger partial charge >= 0.3 is 5.97 Å². The van der Waals surface area contributed by atoms with Crippen molar-refractivity contribution in [1.82, 2.24) is 0 Å². The first kappa shape index (κ1) is 15.0. The first-order valence-electron chi connectivity index (χ1n) is 6.32. The summed E-state index contributed by atoms with van der Waals surface area (Å²) in [5, 5.41) is 0.613. The second kappa shape index (κ2) is 6.83. The largest absolute Gasteiger partial charge is 0.462 e. The maximum absolute atomic E-state index is 11.9. The summed E-state index contributed by atoms with van der Waals surface area (Å²) in [6.45, 7) is 0.401. The van der Waals surface area contributed by atoms with Crippen LogP contribution in [0.5, 0.6) is 0 Å². The Morgan fingerprint density at radius 1 is 1.32 bits per heavy atom. The molecule has 2 nitrogen and oxygen atoms in total. The highest BCUT2D eigenvalue weighted by atomic mass is 35.5. The molecule has 2 rings (SSSR count). The van der Waals surface area contributed by atoms with Crippen LogP contribution in [-0.2, 0) is 4.74 Å². The predicted molar refractivity (Wildman–Crippen MR) is 77.2 cm³/mol. The van der Waals surface area contributed by atoms with Gasteiger partial charge in [0, 0.05) is 6.07 Å². The van der Waals surface area contributed by atoms with E-state index >= 15 is 0 Å². The summed E-state index contributed by atoms with van der Waals surface area (Å²) in [6, 6.07) is 4.11. The van der Waals surface area contributed by atoms with Crippen LogP contribution in [0.15, 0.2) is 6.07 Å². The van der Waals surface area contributed by atoms with Gasteiger partial charge in [0.2, 0.25) is 0 Å². The van der Waals surface area contributed by atoms with Crippen molar-refractivity contribution >= 4 is 40.8 Å². The molecule has 1 saturated carbocycles. The lowest BCUT2D eigenvalue weighted by molar-refractivity contribution is 0.0483. The minimum Gasteiger partial charge on any atom is -0.462 e. The summed E-state index contributed by atoms with van der Waals surface area (Å²) >= 11 is 17.6. The molecule has 0 bridgehead atoms. The van der Waals surface area contributed by atoms with Gasteiger partial charge in [0.15, 0.2) is 0 Å². The van der Waals surface area contributed by atoms with Gasteiger partial charge in [0.1, 0.15) is 0 Å². The van der Waals surface area contributed by atoms with Gasteiger partial charge in [0.05, 0.1) is 27.2 Å². The van der Waals surface area contributed by atoms with E-state index in [2.05, 4.69) is 6.07 Å². The van der Waals surface area contributed by atoms with Gasteiger partial charge in [-0.3, -0.25) is 0 Å². The standard InChI is InChI=1S/C14H14Cl3O2/c15-10-7-11(13(17)12(16)8-10)14(18)19-6-5-9-3-1-2-4-9/h8-9H,1-6H2. The number of hydrogen-bond donors (Lipinski definition) is 0. The van der Waals surface area contributed by atoms with Gasteiger partial charge in [-0.1, -0.05) is 60.5 Å². The maximum atomic E-state index is 11.9. The average molecular weight is 321 g/mol. The quantitative estimate of drug-likeness (QED) is 0.564. The summed E-state index contributed by atoms with van der Waals surface area (Å²) in [5.41, 5.74) is 0.102. The van der Waals surface area contributed by atoms with E-state index < -0.39 is 5.97 Å². The first-order valence-corrected chi connectivity index (χ1v) is 7.45. The molecule has 0 spiro atoms. The van der Waals surface area contributed by atoms with Crippen LogP contribution in [0.4, 0.5) is 0 Å². The van der Waals surface area contributed by atoms with Crippen molar-refractivity contribution in [3.8, 4) is 0 Å². The van der Waals surface area contributed by atoms with Crippen molar-refractivity contribution in [2.45, 2.75) is 32.1 Å². The minimum atomic E-state index is -0.521. The fraction of sp³-hybridized carbons (Fsp3) is 0.500. The highest BCUT2D eigenvalue weighted by Gasteiger charge is 2.18. The average Bonchev–Trinajstić information content (AvgIpc) is 2.86. The van der Waals surface area contributed by atoms with Crippen LogP contribution < -0.4 is 0 Å². The number of benzene rings is 1. The van der Waals surface area contributed by atoms with Crippen molar-refractivity contribution in [3.05, 3.63) is 32.8 Å². The fourth-order valence-corrected chi connectivity index (χ4v) is 2.98. The molecule has 1 aromatic rings. The van der Waals surface area contributed by atoms with E-state index in [1.807, 2.05) is 0 Å². The summed E-state index contributed by atoms with van der Waals surface area (Å²) < 4.78 is 5.21. The zero-order valence-corrected chi connectivity index (χ0v) is 12.6. The molecule has 1 fully saturated rings. The minimum absolute atomic E-state index is 0.102. The molecular formula is C14H14Cl3O2. The number of halogens is 3. The van der Waals surface area contributed by atoms with E-state index in [9.17, 15) is 4.79 Å². The number of rotatable bonds is 4. The van der Waals surface area contributed by atoms with Gasteiger partial charge in [-0.05, 0) is 18.4 Å². The normalized spacial score (nSPS) is 15.7. The van der Waals surface area contributed by atoms with E-state index in [-0.39, 0.29) is 20.6 Å². The van der Waals surface area contributed by atoms with E-state index in [0.29, 0.717) is 12.5 Å². The Bertz CT molecular complexity index is 468. The van der Waals surface area contributed by atoms with Crippen LogP contribution in [0, 0.1) is 12.0 Å². The summed E-state index contributed by atoms with van der Waals surface area (Å²) in [7, 11) is 0. The number of ether oxygens (including phenoxy) is 1. The SMILES string of the molecule is O=C(OCCC1CCCC1)c1[c]c(Cl)cc(Cl)c1Cl. The Balaban J connectivity index is 1.92. The van der Waals surface area contributed by atoms with Gasteiger partial charge in [0.25, 0.3) is 0 Å². The molecule has 5 heteroatoms. The second-order valence-corrected chi connectivity index (χ2v) is 5.92. The van der Waals surface area contributed by atoms with E-state index in [0.717, 1.165) is 6.42 Å². The molecule has 0 aromatic heterocycles. The molecule has 1 aliphatic carbocycles. The van der Waals surface area contributed by atoms with E-state index in [1.165, 1.54) is 31.7 Å². The van der Waals surface area contributed by atoms with Crippen LogP contribution in [-0.4, -0.2) is 12.6 Å². The predicted octanol–water partition coefficient (Wildman–Crippen LogP) is 5.18. The van der Waals surface area contributed by atoms with Crippen molar-refractivity contribution in [2.75, 3.05) is 6.61 Å². The molecule has 0 heterocycles. The second-order valence-electron chi connectivity index (χ2n) is 4.73. The molecule has 1 radical (unpaired) electrons. The van der Waals surface area contributed by atoms with E-state index in [4.69, 9.17) is 39.5 Å². The Morgan fingerprint density at radius 3 is 2.68 bits per heavy atom.